The van der Waals surface area contributed by atoms with E-state index in [1.807, 2.05) is 55.5 Å². The molecule has 186 valence electrons. The Morgan fingerprint density at radius 3 is 1.89 bits per heavy atom. The number of hydrogen-bond acceptors (Lipinski definition) is 4. The van der Waals surface area contributed by atoms with Crippen molar-refractivity contribution in [1.82, 2.24) is 13.7 Å². The summed E-state index contributed by atoms with van der Waals surface area (Å²) in [7, 11) is 1.61. The number of anilines is 2. The van der Waals surface area contributed by atoms with Crippen molar-refractivity contribution in [3.63, 3.8) is 0 Å². The summed E-state index contributed by atoms with van der Waals surface area (Å²) in [6.45, 7) is 1.99. The van der Waals surface area contributed by atoms with Crippen LogP contribution in [0.5, 0.6) is 0 Å². The van der Waals surface area contributed by atoms with Gasteiger partial charge in [0.25, 0.3) is 11.1 Å². The van der Waals surface area contributed by atoms with E-state index in [9.17, 15) is 14.4 Å². The van der Waals surface area contributed by atoms with E-state index in [0.29, 0.717) is 35.5 Å². The molecule has 0 radical (unpaired) electrons. The average Bonchev–Trinajstić information content (AvgIpc) is 2.91. The van der Waals surface area contributed by atoms with Gasteiger partial charge < -0.3 is 5.32 Å². The molecule has 8 heteroatoms. The molecule has 1 N–H and O–H groups in total. The number of aromatic nitrogens is 3. The number of aryl methyl sites for hydroxylation is 1. The van der Waals surface area contributed by atoms with Gasteiger partial charge in [0.15, 0.2) is 0 Å². The third-order valence-electron chi connectivity index (χ3n) is 6.31. The Bertz CT molecular complexity index is 1770. The molecule has 5 aromatic rings. The minimum atomic E-state index is -0.553. The third-order valence-corrected chi connectivity index (χ3v) is 6.84. The Hall–Kier alpha value is -4.17. The molecule has 0 saturated carbocycles. The highest BCUT2D eigenvalue weighted by atomic mass is 79.9. The minimum Gasteiger partial charge on any atom is -0.354 e. The Labute approximate surface area is 221 Å². The Kier molecular flexibility index (Phi) is 6.67. The molecule has 3 aromatic carbocycles. The Balaban J connectivity index is 2.01. The smallest absolute Gasteiger partial charge is 0.341 e. The second-order valence-corrected chi connectivity index (χ2v) is 9.64. The quantitative estimate of drug-likeness (QED) is 0.308. The summed E-state index contributed by atoms with van der Waals surface area (Å²) in [6.07, 6.45) is 1.18. The molecule has 0 aliphatic rings. The van der Waals surface area contributed by atoms with Crippen molar-refractivity contribution in [2.45, 2.75) is 19.8 Å². The summed E-state index contributed by atoms with van der Waals surface area (Å²) in [6, 6.07) is 25.4. The molecule has 7 nitrogen and oxygen atoms in total. The normalized spacial score (nSPS) is 11.1. The van der Waals surface area contributed by atoms with Crippen molar-refractivity contribution >= 4 is 38.3 Å². The number of hydrogen-bond donors (Lipinski definition) is 1. The van der Waals surface area contributed by atoms with Crippen LogP contribution in [0.2, 0.25) is 0 Å². The molecule has 0 fully saturated rings. The summed E-state index contributed by atoms with van der Waals surface area (Å²) < 4.78 is 4.93. The number of nitrogens with one attached hydrogen (secondary N) is 1. The first-order valence-electron chi connectivity index (χ1n) is 12.0. The molecule has 0 spiro atoms. The van der Waals surface area contributed by atoms with Gasteiger partial charge in [0, 0.05) is 22.8 Å². The van der Waals surface area contributed by atoms with Gasteiger partial charge in [-0.15, -0.1) is 0 Å². The van der Waals surface area contributed by atoms with Gasteiger partial charge in [-0.2, -0.15) is 0 Å². The fraction of sp³-hybridized carbons (Fsp3) is 0.138. The molecular weight excluding hydrogens is 532 g/mol. The summed E-state index contributed by atoms with van der Waals surface area (Å²) in [5.41, 5.74) is 1.57. The maximum Gasteiger partial charge on any atom is 0.341 e. The first-order chi connectivity index (χ1) is 17.9. The van der Waals surface area contributed by atoms with Crippen LogP contribution in [0.1, 0.15) is 18.9 Å². The number of rotatable bonds is 6. The van der Waals surface area contributed by atoms with Crippen LogP contribution in [0.25, 0.3) is 22.4 Å². The minimum absolute atomic E-state index is 0.234. The number of benzene rings is 3. The standard InChI is InChI=1S/C29H25BrN4O3/c1-3-10-23-25(31-20-17-15-19(30)16-18-20)24-26(32(2)27(23)35)33(21-11-6-4-7-12-21)29(37)34(28(24)36)22-13-8-5-9-14-22/h4-9,11-18,31H,3,10H2,1-2H3. The maximum absolute atomic E-state index is 14.2. The zero-order valence-electron chi connectivity index (χ0n) is 20.4. The number of halogens is 1. The average molecular weight is 557 g/mol. The number of pyridine rings is 1. The van der Waals surface area contributed by atoms with Gasteiger partial charge in [0.2, 0.25) is 0 Å². The fourth-order valence-corrected chi connectivity index (χ4v) is 4.87. The first-order valence-corrected chi connectivity index (χ1v) is 12.8. The molecule has 5 rings (SSSR count). The molecule has 37 heavy (non-hydrogen) atoms. The molecule has 0 atom stereocenters. The van der Waals surface area contributed by atoms with Gasteiger partial charge in [0.05, 0.1) is 17.1 Å². The topological polar surface area (TPSA) is 78.0 Å². The third kappa shape index (κ3) is 4.34. The molecule has 0 saturated heterocycles. The van der Waals surface area contributed by atoms with E-state index in [1.54, 1.807) is 43.4 Å². The van der Waals surface area contributed by atoms with Gasteiger partial charge in [-0.1, -0.05) is 65.7 Å². The lowest BCUT2D eigenvalue weighted by molar-refractivity contribution is 0.770. The van der Waals surface area contributed by atoms with Crippen LogP contribution in [-0.4, -0.2) is 13.7 Å². The summed E-state index contributed by atoms with van der Waals surface area (Å²) in [5, 5.41) is 3.62. The van der Waals surface area contributed by atoms with Gasteiger partial charge in [-0.25, -0.2) is 13.9 Å². The predicted octanol–water partition coefficient (Wildman–Crippen LogP) is 5.30. The van der Waals surface area contributed by atoms with E-state index in [1.165, 1.54) is 13.7 Å². The Morgan fingerprint density at radius 2 is 1.32 bits per heavy atom. The van der Waals surface area contributed by atoms with Crippen molar-refractivity contribution < 1.29 is 0 Å². The number of para-hydroxylation sites is 2. The van der Waals surface area contributed by atoms with Crippen LogP contribution in [0.15, 0.2) is 104 Å². The van der Waals surface area contributed by atoms with Crippen molar-refractivity contribution in [2.75, 3.05) is 5.32 Å². The maximum atomic E-state index is 14.2. The number of fused-ring (bicyclic) bond motifs is 1. The van der Waals surface area contributed by atoms with Crippen LogP contribution in [0.3, 0.4) is 0 Å². The van der Waals surface area contributed by atoms with Gasteiger partial charge in [-0.05, 0) is 55.0 Å². The summed E-state index contributed by atoms with van der Waals surface area (Å²) in [4.78, 5) is 41.9. The zero-order valence-corrected chi connectivity index (χ0v) is 22.0. The van der Waals surface area contributed by atoms with Crippen LogP contribution in [0.4, 0.5) is 11.4 Å². The largest absolute Gasteiger partial charge is 0.354 e. The fourth-order valence-electron chi connectivity index (χ4n) is 4.60. The molecule has 0 aliphatic carbocycles. The van der Waals surface area contributed by atoms with Crippen molar-refractivity contribution in [3.8, 4) is 11.4 Å². The number of nitrogens with zero attached hydrogens (tertiary/aromatic N) is 3. The SMILES string of the molecule is CCCc1c(Nc2ccc(Br)cc2)c2c(=O)n(-c3ccccc3)c(=O)n(-c3ccccc3)c2n(C)c1=O. The molecule has 0 aliphatic heterocycles. The lowest BCUT2D eigenvalue weighted by atomic mass is 10.1. The highest BCUT2D eigenvalue weighted by Gasteiger charge is 2.25. The van der Waals surface area contributed by atoms with Gasteiger partial charge >= 0.3 is 5.69 Å². The zero-order chi connectivity index (χ0) is 26.1. The lowest BCUT2D eigenvalue weighted by Crippen LogP contribution is -2.41. The molecule has 0 bridgehead atoms. The van der Waals surface area contributed by atoms with Crippen LogP contribution in [0, 0.1) is 0 Å². The van der Waals surface area contributed by atoms with E-state index in [4.69, 9.17) is 0 Å². The molecule has 0 amide bonds. The summed E-state index contributed by atoms with van der Waals surface area (Å²) in [5.74, 6) is 0. The van der Waals surface area contributed by atoms with Crippen LogP contribution in [-0.2, 0) is 13.5 Å². The first kappa shape index (κ1) is 24.5. The highest BCUT2D eigenvalue weighted by Crippen LogP contribution is 2.28. The monoisotopic (exact) mass is 556 g/mol. The predicted molar refractivity (Wildman–Crippen MR) is 152 cm³/mol. The van der Waals surface area contributed by atoms with E-state index in [2.05, 4.69) is 21.2 Å². The van der Waals surface area contributed by atoms with Crippen LogP contribution >= 0.6 is 15.9 Å². The van der Waals surface area contributed by atoms with E-state index >= 15 is 0 Å². The molecular formula is C29H25BrN4O3. The molecule has 2 aromatic heterocycles. The van der Waals surface area contributed by atoms with E-state index in [-0.39, 0.29) is 16.6 Å². The molecule has 2 heterocycles. The second kappa shape index (κ2) is 10.1. The van der Waals surface area contributed by atoms with E-state index < -0.39 is 11.2 Å². The van der Waals surface area contributed by atoms with Crippen LogP contribution < -0.4 is 22.1 Å². The van der Waals surface area contributed by atoms with Gasteiger partial charge in [-0.3, -0.25) is 14.2 Å². The summed E-state index contributed by atoms with van der Waals surface area (Å²) >= 11 is 3.45. The second-order valence-electron chi connectivity index (χ2n) is 8.73. The molecule has 0 unspecified atom stereocenters. The Morgan fingerprint density at radius 1 is 0.757 bits per heavy atom. The van der Waals surface area contributed by atoms with Gasteiger partial charge in [0.1, 0.15) is 11.0 Å². The van der Waals surface area contributed by atoms with E-state index in [0.717, 1.165) is 10.2 Å². The van der Waals surface area contributed by atoms with Crippen molar-refractivity contribution in [2.24, 2.45) is 7.05 Å². The van der Waals surface area contributed by atoms with Crippen molar-refractivity contribution in [3.05, 3.63) is 126 Å². The van der Waals surface area contributed by atoms with Crippen molar-refractivity contribution in [1.29, 1.82) is 0 Å². The highest BCUT2D eigenvalue weighted by molar-refractivity contribution is 9.10. The lowest BCUT2D eigenvalue weighted by Gasteiger charge is -2.21.